The van der Waals surface area contributed by atoms with Crippen molar-refractivity contribution in [2.75, 3.05) is 0 Å². The summed E-state index contributed by atoms with van der Waals surface area (Å²) in [7, 11) is 0. The van der Waals surface area contributed by atoms with E-state index >= 15 is 0 Å². The number of halogens is 2. The Hall–Kier alpha value is -0.770. The monoisotopic (exact) mass is 275 g/mol. The van der Waals surface area contributed by atoms with Crippen molar-refractivity contribution in [2.24, 2.45) is 0 Å². The lowest BCUT2D eigenvalue weighted by atomic mass is 10.1. The van der Waals surface area contributed by atoms with Crippen LogP contribution in [0.4, 0.5) is 0 Å². The Bertz CT molecular complexity index is 409. The average molecular weight is 276 g/mol. The van der Waals surface area contributed by atoms with Gasteiger partial charge in [0, 0.05) is 16.1 Å². The predicted molar refractivity (Wildman–Crippen MR) is 69.7 cm³/mol. The van der Waals surface area contributed by atoms with E-state index < -0.39 is 12.0 Å². The molecule has 1 aromatic rings. The van der Waals surface area contributed by atoms with E-state index in [0.29, 0.717) is 16.5 Å². The summed E-state index contributed by atoms with van der Waals surface area (Å²) >= 11 is 11.9. The molecule has 1 aromatic carbocycles. The maximum atomic E-state index is 10.9. The average Bonchev–Trinajstić information content (AvgIpc) is 2.24. The van der Waals surface area contributed by atoms with Crippen molar-refractivity contribution in [3.05, 3.63) is 33.8 Å². The van der Waals surface area contributed by atoms with E-state index in [-0.39, 0.29) is 6.04 Å². The fraction of sp³-hybridized carbons (Fsp3) is 0.417. The number of benzene rings is 1. The van der Waals surface area contributed by atoms with Gasteiger partial charge in [-0.1, -0.05) is 36.2 Å². The third kappa shape index (κ3) is 3.87. The van der Waals surface area contributed by atoms with Crippen LogP contribution in [-0.2, 0) is 4.79 Å². The number of aliphatic carboxylic acids is 1. The minimum atomic E-state index is -0.857. The zero-order valence-electron chi connectivity index (χ0n) is 9.71. The zero-order valence-corrected chi connectivity index (χ0v) is 11.2. The first-order chi connectivity index (χ1) is 7.95. The van der Waals surface area contributed by atoms with Gasteiger partial charge in [0.05, 0.1) is 0 Å². The van der Waals surface area contributed by atoms with Crippen LogP contribution in [0, 0.1) is 0 Å². The Morgan fingerprint density at radius 3 is 2.59 bits per heavy atom. The molecular formula is C12H15Cl2NO2. The molecule has 0 aliphatic rings. The Morgan fingerprint density at radius 1 is 1.47 bits per heavy atom. The quantitative estimate of drug-likeness (QED) is 0.865. The van der Waals surface area contributed by atoms with Crippen LogP contribution in [0.15, 0.2) is 18.2 Å². The van der Waals surface area contributed by atoms with Gasteiger partial charge >= 0.3 is 5.97 Å². The van der Waals surface area contributed by atoms with Crippen LogP contribution in [0.25, 0.3) is 0 Å². The van der Waals surface area contributed by atoms with E-state index in [1.54, 1.807) is 18.2 Å². The standard InChI is InChI=1S/C12H15Cl2NO2/c1-3-11(12(16)17)15-7(2)9-5-4-8(13)6-10(9)14/h4-7,11,15H,3H2,1-2H3,(H,16,17)/t7-,11?/m0/s1. The van der Waals surface area contributed by atoms with Gasteiger partial charge in [-0.15, -0.1) is 0 Å². The minimum Gasteiger partial charge on any atom is -0.480 e. The predicted octanol–water partition coefficient (Wildman–Crippen LogP) is 3.51. The number of carboxylic acids is 1. The Kier molecular flexibility index (Phi) is 5.25. The van der Waals surface area contributed by atoms with Crippen molar-refractivity contribution in [3.8, 4) is 0 Å². The molecule has 0 heterocycles. The van der Waals surface area contributed by atoms with Crippen molar-refractivity contribution in [2.45, 2.75) is 32.4 Å². The van der Waals surface area contributed by atoms with E-state index in [1.165, 1.54) is 0 Å². The maximum Gasteiger partial charge on any atom is 0.320 e. The number of carbonyl (C=O) groups is 1. The van der Waals surface area contributed by atoms with Gasteiger partial charge in [-0.3, -0.25) is 10.1 Å². The molecule has 1 rings (SSSR count). The van der Waals surface area contributed by atoms with Crippen LogP contribution in [0.3, 0.4) is 0 Å². The minimum absolute atomic E-state index is 0.138. The fourth-order valence-corrected chi connectivity index (χ4v) is 2.18. The zero-order chi connectivity index (χ0) is 13.0. The molecule has 1 unspecified atom stereocenters. The lowest BCUT2D eigenvalue weighted by molar-refractivity contribution is -0.139. The molecule has 0 amide bonds. The normalized spacial score (nSPS) is 14.4. The van der Waals surface area contributed by atoms with Gasteiger partial charge < -0.3 is 5.11 Å². The molecule has 0 spiro atoms. The Morgan fingerprint density at radius 2 is 2.12 bits per heavy atom. The molecule has 0 aliphatic carbocycles. The third-order valence-electron chi connectivity index (χ3n) is 2.59. The molecule has 17 heavy (non-hydrogen) atoms. The maximum absolute atomic E-state index is 10.9. The summed E-state index contributed by atoms with van der Waals surface area (Å²) in [5.74, 6) is -0.857. The van der Waals surface area contributed by atoms with Gasteiger partial charge in [0.15, 0.2) is 0 Å². The van der Waals surface area contributed by atoms with E-state index in [9.17, 15) is 4.79 Å². The highest BCUT2D eigenvalue weighted by Gasteiger charge is 2.19. The van der Waals surface area contributed by atoms with Crippen molar-refractivity contribution < 1.29 is 9.90 Å². The summed E-state index contributed by atoms with van der Waals surface area (Å²) in [5.41, 5.74) is 0.843. The lowest BCUT2D eigenvalue weighted by Gasteiger charge is -2.20. The van der Waals surface area contributed by atoms with E-state index in [0.717, 1.165) is 5.56 Å². The first-order valence-corrected chi connectivity index (χ1v) is 6.15. The smallest absolute Gasteiger partial charge is 0.320 e. The second kappa shape index (κ2) is 6.24. The molecule has 5 heteroatoms. The van der Waals surface area contributed by atoms with Crippen LogP contribution in [0.5, 0.6) is 0 Å². The van der Waals surface area contributed by atoms with Crippen LogP contribution in [0.2, 0.25) is 10.0 Å². The van der Waals surface area contributed by atoms with E-state index in [1.807, 2.05) is 13.8 Å². The second-order valence-corrected chi connectivity index (χ2v) is 4.70. The van der Waals surface area contributed by atoms with Gasteiger partial charge in [0.2, 0.25) is 0 Å². The van der Waals surface area contributed by atoms with Crippen LogP contribution in [0.1, 0.15) is 31.9 Å². The highest BCUT2D eigenvalue weighted by Crippen LogP contribution is 2.26. The first kappa shape index (κ1) is 14.3. The van der Waals surface area contributed by atoms with Crippen LogP contribution >= 0.6 is 23.2 Å². The second-order valence-electron chi connectivity index (χ2n) is 3.85. The fourth-order valence-electron chi connectivity index (χ4n) is 1.61. The van der Waals surface area contributed by atoms with Gasteiger partial charge in [-0.25, -0.2) is 0 Å². The highest BCUT2D eigenvalue weighted by molar-refractivity contribution is 6.35. The van der Waals surface area contributed by atoms with Crippen molar-refractivity contribution in [3.63, 3.8) is 0 Å². The molecule has 0 bridgehead atoms. The molecule has 0 aromatic heterocycles. The van der Waals surface area contributed by atoms with E-state index in [4.69, 9.17) is 28.3 Å². The topological polar surface area (TPSA) is 49.3 Å². The summed E-state index contributed by atoms with van der Waals surface area (Å²) in [4.78, 5) is 10.9. The molecule has 2 atom stereocenters. The molecule has 0 saturated carbocycles. The molecule has 0 radical (unpaired) electrons. The number of hydrogen-bond acceptors (Lipinski definition) is 2. The van der Waals surface area contributed by atoms with Gasteiger partial charge in [0.1, 0.15) is 6.04 Å². The molecule has 3 nitrogen and oxygen atoms in total. The van der Waals surface area contributed by atoms with Gasteiger partial charge in [0.25, 0.3) is 0 Å². The summed E-state index contributed by atoms with van der Waals surface area (Å²) in [6.07, 6.45) is 0.519. The highest BCUT2D eigenvalue weighted by atomic mass is 35.5. The molecule has 0 fully saturated rings. The number of hydrogen-bond donors (Lipinski definition) is 2. The van der Waals surface area contributed by atoms with Gasteiger partial charge in [-0.05, 0) is 31.0 Å². The van der Waals surface area contributed by atoms with Gasteiger partial charge in [-0.2, -0.15) is 0 Å². The lowest BCUT2D eigenvalue weighted by Crippen LogP contribution is -2.37. The molecule has 0 aliphatic heterocycles. The third-order valence-corrected chi connectivity index (χ3v) is 3.15. The summed E-state index contributed by atoms with van der Waals surface area (Å²) in [6, 6.07) is 4.48. The van der Waals surface area contributed by atoms with Crippen LogP contribution in [-0.4, -0.2) is 17.1 Å². The summed E-state index contributed by atoms with van der Waals surface area (Å²) < 4.78 is 0. The molecule has 2 N–H and O–H groups in total. The van der Waals surface area contributed by atoms with Crippen molar-refractivity contribution >= 4 is 29.2 Å². The van der Waals surface area contributed by atoms with Crippen molar-refractivity contribution in [1.82, 2.24) is 5.32 Å². The SMILES string of the molecule is CCC(N[C@@H](C)c1ccc(Cl)cc1Cl)C(=O)O. The Labute approximate surface area is 111 Å². The van der Waals surface area contributed by atoms with E-state index in [2.05, 4.69) is 5.32 Å². The first-order valence-electron chi connectivity index (χ1n) is 5.39. The largest absolute Gasteiger partial charge is 0.480 e. The molecule has 94 valence electrons. The number of nitrogens with one attached hydrogen (secondary N) is 1. The van der Waals surface area contributed by atoms with Crippen molar-refractivity contribution in [1.29, 1.82) is 0 Å². The summed E-state index contributed by atoms with van der Waals surface area (Å²) in [5, 5.41) is 13.1. The Balaban J connectivity index is 2.82. The van der Waals surface area contributed by atoms with Crippen LogP contribution < -0.4 is 5.32 Å². The molecular weight excluding hydrogens is 261 g/mol. The number of carboxylic acid groups (broad SMARTS) is 1. The number of rotatable bonds is 5. The summed E-state index contributed by atoms with van der Waals surface area (Å²) in [6.45, 7) is 3.70. The molecule has 0 saturated heterocycles.